The fourth-order valence-electron chi connectivity index (χ4n) is 2.67. The summed E-state index contributed by atoms with van der Waals surface area (Å²) in [6.07, 6.45) is -0.137. The number of esters is 1. The Bertz CT molecular complexity index is 975. The molecule has 0 bridgehead atoms. The minimum absolute atomic E-state index is 0.00940. The van der Waals surface area contributed by atoms with Crippen LogP contribution >= 0.6 is 0 Å². The van der Waals surface area contributed by atoms with Crippen LogP contribution in [0.15, 0.2) is 42.5 Å². The second kappa shape index (κ2) is 7.18. The molecule has 0 fully saturated rings. The molecule has 0 spiro atoms. The van der Waals surface area contributed by atoms with E-state index < -0.39 is 11.9 Å². The molecule has 26 heavy (non-hydrogen) atoms. The van der Waals surface area contributed by atoms with Crippen molar-refractivity contribution in [1.29, 1.82) is 0 Å². The zero-order valence-electron chi connectivity index (χ0n) is 14.0. The number of phenolic OH excluding ortho intramolecular Hbond substituents is 1. The van der Waals surface area contributed by atoms with Crippen molar-refractivity contribution < 1.29 is 29.3 Å². The number of carbonyl (C=O) groups excluding carboxylic acids is 1. The second-order valence-electron chi connectivity index (χ2n) is 5.77. The summed E-state index contributed by atoms with van der Waals surface area (Å²) in [7, 11) is 1.42. The fraction of sp³-hybridized carbons (Fsp3) is 0.158. The van der Waals surface area contributed by atoms with Gasteiger partial charge in [0.05, 0.1) is 20.0 Å². The highest BCUT2D eigenvalue weighted by atomic mass is 16.6. The van der Waals surface area contributed by atoms with E-state index >= 15 is 0 Å². The van der Waals surface area contributed by atoms with Crippen LogP contribution in [0.3, 0.4) is 0 Å². The number of ether oxygens (including phenoxy) is 2. The number of phenols is 1. The zero-order valence-corrected chi connectivity index (χ0v) is 14.0. The summed E-state index contributed by atoms with van der Waals surface area (Å²) in [4.78, 5) is 26.1. The van der Waals surface area contributed by atoms with Crippen molar-refractivity contribution in [3.8, 4) is 17.2 Å². The van der Waals surface area contributed by atoms with Crippen LogP contribution in [0.5, 0.6) is 17.2 Å². The third-order valence-corrected chi connectivity index (χ3v) is 3.80. The Balaban J connectivity index is 1.73. The van der Waals surface area contributed by atoms with Gasteiger partial charge in [0, 0.05) is 16.6 Å². The number of fused-ring (bicyclic) bond motifs is 1. The van der Waals surface area contributed by atoms with E-state index in [4.69, 9.17) is 14.6 Å². The van der Waals surface area contributed by atoms with Gasteiger partial charge in [0.1, 0.15) is 5.75 Å². The Labute approximate surface area is 148 Å². The Morgan fingerprint density at radius 2 is 1.85 bits per heavy atom. The van der Waals surface area contributed by atoms with Crippen molar-refractivity contribution >= 4 is 22.8 Å². The fourth-order valence-corrected chi connectivity index (χ4v) is 2.67. The molecule has 0 aliphatic heterocycles. The number of aromatic nitrogens is 1. The second-order valence-corrected chi connectivity index (χ2v) is 5.77. The normalized spacial score (nSPS) is 10.7. The molecule has 0 saturated heterocycles. The summed E-state index contributed by atoms with van der Waals surface area (Å²) < 4.78 is 10.5. The van der Waals surface area contributed by atoms with E-state index in [2.05, 4.69) is 4.98 Å². The van der Waals surface area contributed by atoms with Crippen LogP contribution in [-0.4, -0.2) is 34.2 Å². The summed E-state index contributed by atoms with van der Waals surface area (Å²) in [5.74, 6) is -0.789. The van der Waals surface area contributed by atoms with Crippen LogP contribution in [0.4, 0.5) is 0 Å². The number of carbonyl (C=O) groups is 2. The van der Waals surface area contributed by atoms with Crippen molar-refractivity contribution in [3.05, 3.63) is 53.7 Å². The molecule has 0 aliphatic carbocycles. The average Bonchev–Trinajstić information content (AvgIpc) is 2.96. The maximum Gasteiger partial charge on any atom is 0.317 e. The van der Waals surface area contributed by atoms with E-state index in [-0.39, 0.29) is 24.3 Å². The number of carboxylic acids is 1. The highest BCUT2D eigenvalue weighted by Crippen LogP contribution is 2.29. The van der Waals surface area contributed by atoms with Crippen LogP contribution in [0.2, 0.25) is 0 Å². The number of aliphatic carboxylic acids is 1. The Hall–Kier alpha value is -3.48. The lowest BCUT2D eigenvalue weighted by atomic mass is 10.1. The van der Waals surface area contributed by atoms with Gasteiger partial charge in [0.2, 0.25) is 0 Å². The molecule has 0 saturated carbocycles. The van der Waals surface area contributed by atoms with Gasteiger partial charge in [-0.15, -0.1) is 0 Å². The number of hydrogen-bond donors (Lipinski definition) is 3. The van der Waals surface area contributed by atoms with Gasteiger partial charge in [-0.1, -0.05) is 6.07 Å². The lowest BCUT2D eigenvalue weighted by Gasteiger charge is -2.10. The summed E-state index contributed by atoms with van der Waals surface area (Å²) >= 11 is 0. The van der Waals surface area contributed by atoms with Crippen LogP contribution < -0.4 is 9.47 Å². The number of hydrogen-bond acceptors (Lipinski definition) is 5. The van der Waals surface area contributed by atoms with Gasteiger partial charge >= 0.3 is 11.9 Å². The number of nitrogens with one attached hydrogen (secondary N) is 1. The Morgan fingerprint density at radius 3 is 2.58 bits per heavy atom. The smallest absolute Gasteiger partial charge is 0.317 e. The molecule has 134 valence electrons. The first-order valence-corrected chi connectivity index (χ1v) is 7.84. The van der Waals surface area contributed by atoms with Crippen LogP contribution in [-0.2, 0) is 22.4 Å². The van der Waals surface area contributed by atoms with E-state index in [0.29, 0.717) is 17.0 Å². The average molecular weight is 355 g/mol. The first kappa shape index (κ1) is 17.3. The molecule has 7 heteroatoms. The van der Waals surface area contributed by atoms with Gasteiger partial charge in [0.15, 0.2) is 11.5 Å². The number of benzene rings is 2. The first-order valence-electron chi connectivity index (χ1n) is 7.84. The molecule has 1 aromatic heterocycles. The molecule has 0 amide bonds. The van der Waals surface area contributed by atoms with Gasteiger partial charge in [-0.2, -0.15) is 0 Å². The van der Waals surface area contributed by atoms with Gasteiger partial charge in [-0.3, -0.25) is 9.59 Å². The predicted molar refractivity (Wildman–Crippen MR) is 93.6 cm³/mol. The topological polar surface area (TPSA) is 109 Å². The zero-order chi connectivity index (χ0) is 18.7. The molecule has 0 aliphatic rings. The van der Waals surface area contributed by atoms with E-state index in [1.54, 1.807) is 30.3 Å². The van der Waals surface area contributed by atoms with Crippen molar-refractivity contribution in [2.75, 3.05) is 7.11 Å². The highest BCUT2D eigenvalue weighted by Gasteiger charge is 2.14. The SMILES string of the molecule is COc1cc(CC(=O)O)ccc1OC(=O)Cc1cc2cc(O)ccc2[nH]1. The van der Waals surface area contributed by atoms with Crippen LogP contribution in [0.1, 0.15) is 11.3 Å². The van der Waals surface area contributed by atoms with Crippen molar-refractivity contribution in [1.82, 2.24) is 4.98 Å². The molecule has 3 N–H and O–H groups in total. The number of rotatable bonds is 6. The molecular formula is C19H17NO6. The maximum absolute atomic E-state index is 12.2. The van der Waals surface area contributed by atoms with E-state index in [1.807, 2.05) is 0 Å². The predicted octanol–water partition coefficient (Wildman–Crippen LogP) is 2.66. The first-order chi connectivity index (χ1) is 12.4. The van der Waals surface area contributed by atoms with Gasteiger partial charge in [-0.25, -0.2) is 0 Å². The van der Waals surface area contributed by atoms with Crippen LogP contribution in [0, 0.1) is 0 Å². The van der Waals surface area contributed by atoms with Crippen molar-refractivity contribution in [3.63, 3.8) is 0 Å². The standard InChI is InChI=1S/C19H17NO6/c1-25-17-6-11(7-18(22)23)2-5-16(17)26-19(24)10-13-8-12-9-14(21)3-4-15(12)20-13/h2-6,8-9,20-21H,7,10H2,1H3,(H,22,23). The molecule has 3 rings (SSSR count). The van der Waals surface area contributed by atoms with Crippen molar-refractivity contribution in [2.24, 2.45) is 0 Å². The van der Waals surface area contributed by atoms with Gasteiger partial charge < -0.3 is 24.7 Å². The van der Waals surface area contributed by atoms with Crippen molar-refractivity contribution in [2.45, 2.75) is 12.8 Å². The lowest BCUT2D eigenvalue weighted by Crippen LogP contribution is -2.12. The third kappa shape index (κ3) is 3.94. The number of carboxylic acid groups (broad SMARTS) is 1. The minimum atomic E-state index is -0.957. The quantitative estimate of drug-likeness (QED) is 0.463. The summed E-state index contributed by atoms with van der Waals surface area (Å²) in [5.41, 5.74) is 2.00. The molecular weight excluding hydrogens is 338 g/mol. The van der Waals surface area contributed by atoms with E-state index in [9.17, 15) is 14.7 Å². The molecule has 1 heterocycles. The number of methoxy groups -OCH3 is 1. The molecule has 3 aromatic rings. The molecule has 0 radical (unpaired) electrons. The lowest BCUT2D eigenvalue weighted by molar-refractivity contribution is -0.136. The Kier molecular flexibility index (Phi) is 4.79. The highest BCUT2D eigenvalue weighted by molar-refractivity contribution is 5.84. The van der Waals surface area contributed by atoms with E-state index in [0.717, 1.165) is 10.9 Å². The summed E-state index contributed by atoms with van der Waals surface area (Å²) in [6, 6.07) is 11.3. The van der Waals surface area contributed by atoms with Gasteiger partial charge in [-0.05, 0) is 42.0 Å². The van der Waals surface area contributed by atoms with E-state index in [1.165, 1.54) is 19.2 Å². The largest absolute Gasteiger partial charge is 0.508 e. The minimum Gasteiger partial charge on any atom is -0.508 e. The molecule has 7 nitrogen and oxygen atoms in total. The maximum atomic E-state index is 12.2. The molecule has 0 atom stereocenters. The molecule has 2 aromatic carbocycles. The summed E-state index contributed by atoms with van der Waals surface area (Å²) in [6.45, 7) is 0. The summed E-state index contributed by atoms with van der Waals surface area (Å²) in [5, 5.41) is 19.1. The van der Waals surface area contributed by atoms with Crippen LogP contribution in [0.25, 0.3) is 10.9 Å². The number of aromatic hydroxyl groups is 1. The number of aromatic amines is 1. The number of H-pyrrole nitrogens is 1. The third-order valence-electron chi connectivity index (χ3n) is 3.80. The monoisotopic (exact) mass is 355 g/mol. The van der Waals surface area contributed by atoms with Gasteiger partial charge in [0.25, 0.3) is 0 Å². The Morgan fingerprint density at radius 1 is 1.04 bits per heavy atom. The molecule has 0 unspecified atom stereocenters.